The molecule has 1 heterocycles. The number of hydrogen-bond acceptors (Lipinski definition) is 4. The SMILES string of the molecule is CCN(CC)S(=O)(=O)N1CCN(CC(=O)NCc2ccccc2C)CC1. The quantitative estimate of drug-likeness (QED) is 0.722. The minimum absolute atomic E-state index is 0.0340. The van der Waals surface area contributed by atoms with Crippen molar-refractivity contribution in [1.29, 1.82) is 0 Å². The average Bonchev–Trinajstić information content (AvgIpc) is 2.62. The zero-order valence-corrected chi connectivity index (χ0v) is 16.8. The smallest absolute Gasteiger partial charge is 0.282 e. The second-order valence-electron chi connectivity index (χ2n) is 6.47. The van der Waals surface area contributed by atoms with E-state index in [0.29, 0.717) is 52.4 Å². The van der Waals surface area contributed by atoms with E-state index in [4.69, 9.17) is 0 Å². The third kappa shape index (κ3) is 5.26. The number of amides is 1. The summed E-state index contributed by atoms with van der Waals surface area (Å²) in [6.07, 6.45) is 0. The Kier molecular flexibility index (Phi) is 7.57. The van der Waals surface area contributed by atoms with Gasteiger partial charge in [0.15, 0.2) is 0 Å². The Balaban J connectivity index is 1.79. The van der Waals surface area contributed by atoms with Gasteiger partial charge in [-0.15, -0.1) is 0 Å². The number of piperazine rings is 1. The van der Waals surface area contributed by atoms with E-state index in [0.717, 1.165) is 11.1 Å². The van der Waals surface area contributed by atoms with Crippen molar-refractivity contribution in [2.75, 3.05) is 45.8 Å². The highest BCUT2D eigenvalue weighted by Gasteiger charge is 2.31. The van der Waals surface area contributed by atoms with Crippen molar-refractivity contribution < 1.29 is 13.2 Å². The number of carbonyl (C=O) groups excluding carboxylic acids is 1. The number of carbonyl (C=O) groups is 1. The molecule has 1 aliphatic heterocycles. The second kappa shape index (κ2) is 9.45. The molecule has 0 spiro atoms. The average molecular weight is 383 g/mol. The first-order valence-electron chi connectivity index (χ1n) is 9.17. The van der Waals surface area contributed by atoms with Crippen LogP contribution in [0, 0.1) is 6.92 Å². The van der Waals surface area contributed by atoms with E-state index < -0.39 is 10.2 Å². The molecule has 1 N–H and O–H groups in total. The van der Waals surface area contributed by atoms with Gasteiger partial charge >= 0.3 is 0 Å². The number of nitrogens with zero attached hydrogens (tertiary/aromatic N) is 3. The molecule has 2 rings (SSSR count). The summed E-state index contributed by atoms with van der Waals surface area (Å²) in [6.45, 7) is 9.45. The van der Waals surface area contributed by atoms with E-state index in [2.05, 4.69) is 5.32 Å². The minimum Gasteiger partial charge on any atom is -0.351 e. The fraction of sp³-hybridized carbons (Fsp3) is 0.611. The summed E-state index contributed by atoms with van der Waals surface area (Å²) in [6, 6.07) is 7.97. The molecule has 1 aromatic carbocycles. The number of rotatable bonds is 8. The van der Waals surface area contributed by atoms with Gasteiger partial charge in [0.25, 0.3) is 10.2 Å². The Morgan fingerprint density at radius 3 is 2.31 bits per heavy atom. The van der Waals surface area contributed by atoms with Gasteiger partial charge in [-0.3, -0.25) is 9.69 Å². The number of nitrogens with one attached hydrogen (secondary N) is 1. The molecule has 146 valence electrons. The fourth-order valence-electron chi connectivity index (χ4n) is 3.09. The van der Waals surface area contributed by atoms with Crippen molar-refractivity contribution in [2.24, 2.45) is 0 Å². The van der Waals surface area contributed by atoms with Crippen LogP contribution in [-0.2, 0) is 21.5 Å². The van der Waals surface area contributed by atoms with Crippen molar-refractivity contribution >= 4 is 16.1 Å². The first-order chi connectivity index (χ1) is 12.4. The standard InChI is InChI=1S/C18H30N4O3S/c1-4-21(5-2)26(24,25)22-12-10-20(11-13-22)15-18(23)19-14-17-9-7-6-8-16(17)3/h6-9H,4-5,10-15H2,1-3H3,(H,19,23). The van der Waals surface area contributed by atoms with Gasteiger partial charge in [0, 0.05) is 45.8 Å². The predicted molar refractivity (Wildman–Crippen MR) is 103 cm³/mol. The maximum atomic E-state index is 12.5. The molecule has 1 aromatic rings. The largest absolute Gasteiger partial charge is 0.351 e. The van der Waals surface area contributed by atoms with Crippen LogP contribution in [0.15, 0.2) is 24.3 Å². The summed E-state index contributed by atoms with van der Waals surface area (Å²) in [5.41, 5.74) is 2.26. The van der Waals surface area contributed by atoms with Crippen LogP contribution < -0.4 is 5.32 Å². The van der Waals surface area contributed by atoms with E-state index in [1.807, 2.05) is 49.9 Å². The first kappa shape index (κ1) is 20.8. The van der Waals surface area contributed by atoms with Crippen LogP contribution >= 0.6 is 0 Å². The van der Waals surface area contributed by atoms with Gasteiger partial charge in [0.05, 0.1) is 6.54 Å². The van der Waals surface area contributed by atoms with Crippen LogP contribution in [0.4, 0.5) is 0 Å². The second-order valence-corrected chi connectivity index (χ2v) is 8.40. The molecular formula is C18H30N4O3S. The normalized spacial score (nSPS) is 16.8. The molecule has 0 atom stereocenters. The number of benzene rings is 1. The lowest BCUT2D eigenvalue weighted by molar-refractivity contribution is -0.122. The van der Waals surface area contributed by atoms with Crippen LogP contribution in [-0.4, -0.2) is 73.6 Å². The van der Waals surface area contributed by atoms with Crippen molar-refractivity contribution in [3.8, 4) is 0 Å². The van der Waals surface area contributed by atoms with Crippen LogP contribution in [0.1, 0.15) is 25.0 Å². The van der Waals surface area contributed by atoms with Crippen LogP contribution in [0.2, 0.25) is 0 Å². The topological polar surface area (TPSA) is 73.0 Å². The van der Waals surface area contributed by atoms with Gasteiger partial charge in [-0.1, -0.05) is 38.1 Å². The lowest BCUT2D eigenvalue weighted by Crippen LogP contribution is -2.54. The van der Waals surface area contributed by atoms with E-state index in [1.54, 1.807) is 0 Å². The van der Waals surface area contributed by atoms with Gasteiger partial charge < -0.3 is 5.32 Å². The molecule has 0 aliphatic carbocycles. The summed E-state index contributed by atoms with van der Waals surface area (Å²) in [5, 5.41) is 2.94. The molecule has 0 aromatic heterocycles. The van der Waals surface area contributed by atoms with Crippen molar-refractivity contribution in [3.05, 3.63) is 35.4 Å². The molecule has 0 unspecified atom stereocenters. The Morgan fingerprint density at radius 2 is 1.73 bits per heavy atom. The Hall–Kier alpha value is -1.48. The van der Waals surface area contributed by atoms with Crippen LogP contribution in [0.3, 0.4) is 0 Å². The maximum absolute atomic E-state index is 12.5. The molecular weight excluding hydrogens is 352 g/mol. The van der Waals surface area contributed by atoms with E-state index in [1.165, 1.54) is 8.61 Å². The number of hydrogen-bond donors (Lipinski definition) is 1. The van der Waals surface area contributed by atoms with E-state index in [9.17, 15) is 13.2 Å². The summed E-state index contributed by atoms with van der Waals surface area (Å²) >= 11 is 0. The van der Waals surface area contributed by atoms with Gasteiger partial charge in [-0.05, 0) is 18.1 Å². The summed E-state index contributed by atoms with van der Waals surface area (Å²) in [4.78, 5) is 14.2. The highest BCUT2D eigenvalue weighted by atomic mass is 32.2. The zero-order valence-electron chi connectivity index (χ0n) is 15.9. The van der Waals surface area contributed by atoms with Crippen LogP contribution in [0.5, 0.6) is 0 Å². The molecule has 1 fully saturated rings. The molecule has 26 heavy (non-hydrogen) atoms. The van der Waals surface area contributed by atoms with Gasteiger partial charge in [-0.25, -0.2) is 0 Å². The van der Waals surface area contributed by atoms with Gasteiger partial charge in [0.1, 0.15) is 0 Å². The van der Waals surface area contributed by atoms with E-state index in [-0.39, 0.29) is 5.91 Å². The van der Waals surface area contributed by atoms with Crippen molar-refractivity contribution in [2.45, 2.75) is 27.3 Å². The minimum atomic E-state index is -3.39. The van der Waals surface area contributed by atoms with Crippen LogP contribution in [0.25, 0.3) is 0 Å². The zero-order chi connectivity index (χ0) is 19.2. The highest BCUT2D eigenvalue weighted by Crippen LogP contribution is 2.12. The molecule has 0 radical (unpaired) electrons. The van der Waals surface area contributed by atoms with Crippen molar-refractivity contribution in [1.82, 2.24) is 18.8 Å². The summed E-state index contributed by atoms with van der Waals surface area (Å²) in [5.74, 6) is -0.0340. The maximum Gasteiger partial charge on any atom is 0.282 e. The first-order valence-corrected chi connectivity index (χ1v) is 10.6. The Labute approximate surface area is 157 Å². The van der Waals surface area contributed by atoms with Crippen molar-refractivity contribution in [3.63, 3.8) is 0 Å². The van der Waals surface area contributed by atoms with Gasteiger partial charge in [-0.2, -0.15) is 17.0 Å². The lowest BCUT2D eigenvalue weighted by Gasteiger charge is -2.35. The molecule has 1 aliphatic rings. The van der Waals surface area contributed by atoms with Gasteiger partial charge in [0.2, 0.25) is 5.91 Å². The molecule has 1 saturated heterocycles. The Morgan fingerprint density at radius 1 is 1.12 bits per heavy atom. The highest BCUT2D eigenvalue weighted by molar-refractivity contribution is 7.86. The fourth-order valence-corrected chi connectivity index (χ4v) is 4.70. The third-order valence-electron chi connectivity index (χ3n) is 4.79. The molecule has 7 nitrogen and oxygen atoms in total. The summed E-state index contributed by atoms with van der Waals surface area (Å²) in [7, 11) is -3.39. The van der Waals surface area contributed by atoms with E-state index >= 15 is 0 Å². The predicted octanol–water partition coefficient (Wildman–Crippen LogP) is 0.815. The Bertz CT molecular complexity index is 696. The third-order valence-corrected chi connectivity index (χ3v) is 6.98. The molecule has 0 saturated carbocycles. The molecule has 1 amide bonds. The monoisotopic (exact) mass is 382 g/mol. The summed E-state index contributed by atoms with van der Waals surface area (Å²) < 4.78 is 28.0. The lowest BCUT2D eigenvalue weighted by atomic mass is 10.1. The molecule has 8 heteroatoms. The number of aryl methyl sites for hydroxylation is 1. The molecule has 0 bridgehead atoms.